The number of likely N-dealkylation sites (tertiary alicyclic amines) is 1. The van der Waals surface area contributed by atoms with E-state index in [1.807, 2.05) is 6.08 Å². The van der Waals surface area contributed by atoms with Gasteiger partial charge in [-0.15, -0.1) is 0 Å². The molecule has 0 bridgehead atoms. The molecule has 4 aliphatic rings. The zero-order valence-corrected chi connectivity index (χ0v) is 24.7. The van der Waals surface area contributed by atoms with Crippen molar-refractivity contribution in [2.24, 2.45) is 34.4 Å². The summed E-state index contributed by atoms with van der Waals surface area (Å²) in [5, 5.41) is 9.71. The SMILES string of the molecule is CCCCCC(C)/C1=C/CC(F)CN=C(C)C(C(=O)NC2CNCC(F)C2C2CCN(C3COC3)CC2)C(N)N1. The molecule has 7 atom stereocenters. The summed E-state index contributed by atoms with van der Waals surface area (Å²) < 4.78 is 35.5. The van der Waals surface area contributed by atoms with Crippen molar-refractivity contribution in [3.05, 3.63) is 11.8 Å². The molecule has 0 radical (unpaired) electrons. The summed E-state index contributed by atoms with van der Waals surface area (Å²) in [7, 11) is 0. The highest BCUT2D eigenvalue weighted by atomic mass is 19.1. The van der Waals surface area contributed by atoms with Crippen molar-refractivity contribution >= 4 is 11.6 Å². The molecule has 0 spiro atoms. The van der Waals surface area contributed by atoms with Crippen LogP contribution in [0.1, 0.15) is 65.7 Å². The number of ether oxygens (including phenoxy) is 1. The lowest BCUT2D eigenvalue weighted by Crippen LogP contribution is -2.62. The van der Waals surface area contributed by atoms with E-state index in [0.717, 1.165) is 70.5 Å². The second-order valence-electron chi connectivity index (χ2n) is 12.5. The van der Waals surface area contributed by atoms with Gasteiger partial charge in [-0.3, -0.25) is 14.7 Å². The summed E-state index contributed by atoms with van der Waals surface area (Å²) in [5.74, 6) is -0.921. The molecule has 4 aliphatic heterocycles. The first-order chi connectivity index (χ1) is 19.3. The minimum Gasteiger partial charge on any atom is -0.378 e. The molecule has 5 N–H and O–H groups in total. The number of halogens is 2. The molecule has 3 fully saturated rings. The van der Waals surface area contributed by atoms with Crippen molar-refractivity contribution in [1.82, 2.24) is 20.9 Å². The molecule has 0 aromatic heterocycles. The average molecular weight is 567 g/mol. The van der Waals surface area contributed by atoms with Crippen LogP contribution < -0.4 is 21.7 Å². The molecule has 0 saturated carbocycles. The Morgan fingerprint density at radius 1 is 1.25 bits per heavy atom. The van der Waals surface area contributed by atoms with Crippen LogP contribution in [-0.4, -0.2) is 93.0 Å². The Hall–Kier alpha value is -1.62. The maximum absolute atomic E-state index is 15.4. The third-order valence-electron chi connectivity index (χ3n) is 9.50. The number of aliphatic imine (C=N–C) groups is 1. The molecular weight excluding hydrogens is 514 g/mol. The Morgan fingerprint density at radius 2 is 2.00 bits per heavy atom. The first-order valence-corrected chi connectivity index (χ1v) is 15.6. The predicted octanol–water partition coefficient (Wildman–Crippen LogP) is 2.93. The highest BCUT2D eigenvalue weighted by molar-refractivity contribution is 6.04. The molecule has 8 nitrogen and oxygen atoms in total. The number of carbonyl (C=O) groups is 1. The zero-order valence-electron chi connectivity index (χ0n) is 24.7. The van der Waals surface area contributed by atoms with Gasteiger partial charge in [0.05, 0.1) is 32.0 Å². The summed E-state index contributed by atoms with van der Waals surface area (Å²) in [6.45, 7) is 10.3. The average Bonchev–Trinajstić information content (AvgIpc) is 2.89. The lowest BCUT2D eigenvalue weighted by molar-refractivity contribution is -0.125. The smallest absolute Gasteiger partial charge is 0.232 e. The number of hydrogen-bond donors (Lipinski definition) is 4. The molecule has 1 amide bonds. The van der Waals surface area contributed by atoms with Gasteiger partial charge in [0.25, 0.3) is 0 Å². The lowest BCUT2D eigenvalue weighted by atomic mass is 9.75. The summed E-state index contributed by atoms with van der Waals surface area (Å²) >= 11 is 0. The van der Waals surface area contributed by atoms with Gasteiger partial charge >= 0.3 is 0 Å². The van der Waals surface area contributed by atoms with Gasteiger partial charge in [-0.25, -0.2) is 8.78 Å². The Kier molecular flexibility index (Phi) is 11.8. The number of rotatable bonds is 9. The van der Waals surface area contributed by atoms with E-state index in [1.54, 1.807) is 6.92 Å². The standard InChI is InChI=1S/C30H52F2N6O2/c1-4-5-6-7-19(2)25-9-8-22(31)14-35-20(3)27(29(33)36-25)30(39)37-26-16-34-15-24(32)28(26)21-10-12-38(13-11-21)23-17-40-18-23/h9,19,21-24,26-29,34,36H,4-8,10-18,33H2,1-3H3,(H,37,39)/b25-9-,35-20?. The third kappa shape index (κ3) is 8.01. The highest BCUT2D eigenvalue weighted by Gasteiger charge is 2.43. The third-order valence-corrected chi connectivity index (χ3v) is 9.50. The normalized spacial score (nSPS) is 35.5. The van der Waals surface area contributed by atoms with Gasteiger partial charge in [-0.1, -0.05) is 39.2 Å². The van der Waals surface area contributed by atoms with Crippen LogP contribution in [0.5, 0.6) is 0 Å². The second kappa shape index (κ2) is 15.0. The number of unbranched alkanes of at least 4 members (excludes halogenated alkanes) is 2. The van der Waals surface area contributed by atoms with Crippen LogP contribution in [0.4, 0.5) is 8.78 Å². The van der Waals surface area contributed by atoms with Crippen LogP contribution in [0.15, 0.2) is 16.8 Å². The number of nitrogens with zero attached hydrogens (tertiary/aromatic N) is 2. The lowest BCUT2D eigenvalue weighted by Gasteiger charge is -2.46. The van der Waals surface area contributed by atoms with Crippen LogP contribution in [0.3, 0.4) is 0 Å². The largest absolute Gasteiger partial charge is 0.378 e. The number of alkyl halides is 2. The topological polar surface area (TPSA) is 104 Å². The van der Waals surface area contributed by atoms with Crippen molar-refractivity contribution < 1.29 is 18.3 Å². The van der Waals surface area contributed by atoms with Gasteiger partial charge in [0.15, 0.2) is 0 Å². The Bertz CT molecular complexity index is 876. The van der Waals surface area contributed by atoms with E-state index in [-0.39, 0.29) is 42.7 Å². The van der Waals surface area contributed by atoms with E-state index in [4.69, 9.17) is 10.5 Å². The molecule has 4 rings (SSSR count). The first-order valence-electron chi connectivity index (χ1n) is 15.6. The Labute approximate surface area is 239 Å². The van der Waals surface area contributed by atoms with E-state index in [1.165, 1.54) is 0 Å². The molecule has 0 aromatic carbocycles. The quantitative estimate of drug-likeness (QED) is 0.320. The monoisotopic (exact) mass is 566 g/mol. The van der Waals surface area contributed by atoms with Crippen molar-refractivity contribution in [2.75, 3.05) is 45.9 Å². The van der Waals surface area contributed by atoms with E-state index < -0.39 is 24.4 Å². The number of nitrogens with one attached hydrogen (secondary N) is 3. The van der Waals surface area contributed by atoms with Crippen molar-refractivity contribution in [3.8, 4) is 0 Å². The molecule has 0 aliphatic carbocycles. The first kappa shape index (κ1) is 31.3. The number of hydrogen-bond acceptors (Lipinski definition) is 7. The number of allylic oxidation sites excluding steroid dienone is 2. The van der Waals surface area contributed by atoms with Crippen LogP contribution >= 0.6 is 0 Å². The minimum absolute atomic E-state index is 0.00109. The second-order valence-corrected chi connectivity index (χ2v) is 12.5. The van der Waals surface area contributed by atoms with Gasteiger partial charge < -0.3 is 26.4 Å². The Balaban J connectivity index is 1.45. The van der Waals surface area contributed by atoms with Crippen LogP contribution in [0, 0.1) is 23.7 Å². The van der Waals surface area contributed by atoms with Crippen molar-refractivity contribution in [2.45, 2.75) is 96.3 Å². The molecule has 7 unspecified atom stereocenters. The summed E-state index contributed by atoms with van der Waals surface area (Å²) in [6.07, 6.45) is 5.46. The fourth-order valence-electron chi connectivity index (χ4n) is 6.87. The maximum Gasteiger partial charge on any atom is 0.232 e. The summed E-state index contributed by atoms with van der Waals surface area (Å²) in [5.41, 5.74) is 8.06. The molecule has 40 heavy (non-hydrogen) atoms. The number of piperidine rings is 2. The summed E-state index contributed by atoms with van der Waals surface area (Å²) in [4.78, 5) is 20.7. The number of nitrogens with two attached hydrogens (primary N) is 1. The molecule has 10 heteroatoms. The van der Waals surface area contributed by atoms with Gasteiger partial charge in [-0.2, -0.15) is 0 Å². The van der Waals surface area contributed by atoms with E-state index in [2.05, 4.69) is 39.7 Å². The van der Waals surface area contributed by atoms with E-state index >= 15 is 4.39 Å². The molecule has 3 saturated heterocycles. The van der Waals surface area contributed by atoms with Gasteiger partial charge in [0, 0.05) is 42.9 Å². The summed E-state index contributed by atoms with van der Waals surface area (Å²) in [6, 6.07) is 0.152. The van der Waals surface area contributed by atoms with Crippen molar-refractivity contribution in [3.63, 3.8) is 0 Å². The Morgan fingerprint density at radius 3 is 2.67 bits per heavy atom. The molecule has 0 aromatic rings. The van der Waals surface area contributed by atoms with E-state index in [0.29, 0.717) is 24.8 Å². The van der Waals surface area contributed by atoms with Gasteiger partial charge in [0.1, 0.15) is 18.3 Å². The highest BCUT2D eigenvalue weighted by Crippen LogP contribution is 2.34. The van der Waals surface area contributed by atoms with Crippen molar-refractivity contribution in [1.29, 1.82) is 0 Å². The fraction of sp³-hybridized carbons (Fsp3) is 0.867. The molecular formula is C30H52F2N6O2. The van der Waals surface area contributed by atoms with Crippen LogP contribution in [0.2, 0.25) is 0 Å². The minimum atomic E-state index is -1.12. The van der Waals surface area contributed by atoms with Crippen LogP contribution in [0.25, 0.3) is 0 Å². The van der Waals surface area contributed by atoms with Gasteiger partial charge in [-0.05, 0) is 51.1 Å². The zero-order chi connectivity index (χ0) is 28.6. The van der Waals surface area contributed by atoms with E-state index in [9.17, 15) is 9.18 Å². The van der Waals surface area contributed by atoms with Gasteiger partial charge in [0.2, 0.25) is 5.91 Å². The maximum atomic E-state index is 15.4. The molecule has 228 valence electrons. The molecule has 4 heterocycles. The number of amides is 1. The van der Waals surface area contributed by atoms with Crippen LogP contribution in [-0.2, 0) is 9.53 Å². The predicted molar refractivity (Wildman–Crippen MR) is 156 cm³/mol. The fourth-order valence-corrected chi connectivity index (χ4v) is 6.87. The number of carbonyl (C=O) groups excluding carboxylic acids is 1.